The Labute approximate surface area is 349 Å². The number of para-hydroxylation sites is 1. The molecule has 0 bridgehead atoms. The number of benzene rings is 4. The van der Waals surface area contributed by atoms with Gasteiger partial charge < -0.3 is 48.8 Å². The van der Waals surface area contributed by atoms with Crippen molar-refractivity contribution in [1.82, 2.24) is 31.6 Å². The van der Waals surface area contributed by atoms with Gasteiger partial charge >= 0.3 is 0 Å². The first-order valence-corrected chi connectivity index (χ1v) is 20.2. The fraction of sp³-hybridized carbons (Fsp3) is 0.333. The van der Waals surface area contributed by atoms with Crippen molar-refractivity contribution in [2.75, 3.05) is 6.54 Å². The van der Waals surface area contributed by atoms with Crippen molar-refractivity contribution in [3.05, 3.63) is 120 Å². The zero-order valence-corrected chi connectivity index (χ0v) is 33.9. The summed E-state index contributed by atoms with van der Waals surface area (Å²) in [4.78, 5) is 84.2. The highest BCUT2D eigenvalue weighted by Crippen LogP contribution is 2.20. The highest BCUT2D eigenvalue weighted by atomic mass is 16.2. The maximum absolute atomic E-state index is 14.3. The predicted molar refractivity (Wildman–Crippen MR) is 231 cm³/mol. The van der Waals surface area contributed by atoms with Crippen molar-refractivity contribution in [2.24, 2.45) is 17.2 Å². The summed E-state index contributed by atoms with van der Waals surface area (Å²) >= 11 is 0. The van der Waals surface area contributed by atoms with Crippen LogP contribution in [0.25, 0.3) is 21.7 Å². The number of H-pyrrole nitrogens is 1. The minimum absolute atomic E-state index is 0.0139. The first-order chi connectivity index (χ1) is 28.8. The molecule has 4 aromatic carbocycles. The number of hydrogen-bond acceptors (Lipinski definition) is 8. The van der Waals surface area contributed by atoms with Crippen molar-refractivity contribution < 1.29 is 28.8 Å². The molecule has 60 heavy (non-hydrogen) atoms. The van der Waals surface area contributed by atoms with Crippen molar-refractivity contribution in [3.63, 3.8) is 0 Å². The molecule has 5 aromatic rings. The molecular formula is C45H55N9O6. The molecule has 15 heteroatoms. The lowest BCUT2D eigenvalue weighted by molar-refractivity contribution is -0.134. The summed E-state index contributed by atoms with van der Waals surface area (Å²) < 4.78 is 0. The molecule has 12 N–H and O–H groups in total. The minimum Gasteiger partial charge on any atom is -0.368 e. The van der Waals surface area contributed by atoms with Gasteiger partial charge in [-0.1, -0.05) is 91.0 Å². The standard InChI is InChI=1S/C45H55N9O6/c1-27(47)41(56)52-38(24-30-19-20-31-14-6-7-15-32(31)22-30)43(58)50-28(2)42(57)53-39(25-33-26-49-35-17-9-8-16-34(33)35)45(60)54-37(23-29-12-4-3-5-13-29)44(59)51-36(40(48)55)18-10-11-21-46/h3-9,12-17,19-20,22,26-28,36-39,49H,10-11,18,21,23-25,46-47H2,1-2H3,(H2,48,55)(H,50,58)(H,51,59)(H,52,56)(H,53,57)(H,54,60)/t27-,28-,36-,37+,38+,39-/m0/s1. The van der Waals surface area contributed by atoms with E-state index in [0.717, 1.165) is 38.4 Å². The third kappa shape index (κ3) is 12.5. The topological polar surface area (TPSA) is 256 Å². The summed E-state index contributed by atoms with van der Waals surface area (Å²) in [6.07, 6.45) is 3.39. The van der Waals surface area contributed by atoms with Gasteiger partial charge in [-0.05, 0) is 73.2 Å². The van der Waals surface area contributed by atoms with Crippen LogP contribution in [0.15, 0.2) is 103 Å². The van der Waals surface area contributed by atoms with Crippen LogP contribution in [-0.2, 0) is 48.0 Å². The van der Waals surface area contributed by atoms with Gasteiger partial charge in [0.15, 0.2) is 0 Å². The molecule has 0 radical (unpaired) electrons. The lowest BCUT2D eigenvalue weighted by Crippen LogP contribution is -2.59. The quantitative estimate of drug-likeness (QED) is 0.0492. The molecule has 0 spiro atoms. The second-order valence-corrected chi connectivity index (χ2v) is 15.1. The van der Waals surface area contributed by atoms with E-state index < -0.39 is 71.7 Å². The van der Waals surface area contributed by atoms with Gasteiger partial charge in [-0.25, -0.2) is 0 Å². The van der Waals surface area contributed by atoms with Crippen LogP contribution in [0.3, 0.4) is 0 Å². The Bertz CT molecular complexity index is 2280. The first kappa shape index (κ1) is 44.5. The van der Waals surface area contributed by atoms with Crippen molar-refractivity contribution in [3.8, 4) is 0 Å². The monoisotopic (exact) mass is 817 g/mol. The molecule has 6 atom stereocenters. The molecule has 316 valence electrons. The fourth-order valence-corrected chi connectivity index (χ4v) is 6.90. The van der Waals surface area contributed by atoms with Gasteiger partial charge in [-0.2, -0.15) is 0 Å². The van der Waals surface area contributed by atoms with E-state index in [1.165, 1.54) is 13.8 Å². The van der Waals surface area contributed by atoms with E-state index in [1.54, 1.807) is 30.5 Å². The van der Waals surface area contributed by atoms with Gasteiger partial charge in [0, 0.05) is 36.4 Å². The first-order valence-electron chi connectivity index (χ1n) is 20.2. The smallest absolute Gasteiger partial charge is 0.243 e. The number of nitrogens with two attached hydrogens (primary N) is 3. The molecule has 5 rings (SSSR count). The maximum atomic E-state index is 14.3. The van der Waals surface area contributed by atoms with Crippen LogP contribution in [-0.4, -0.2) is 83.2 Å². The van der Waals surface area contributed by atoms with E-state index in [2.05, 4.69) is 31.6 Å². The summed E-state index contributed by atoms with van der Waals surface area (Å²) in [5.41, 5.74) is 20.2. The van der Waals surface area contributed by atoms with Crippen LogP contribution in [0.4, 0.5) is 0 Å². The number of hydrogen-bond donors (Lipinski definition) is 9. The van der Waals surface area contributed by atoms with E-state index in [-0.39, 0.29) is 25.7 Å². The molecule has 0 aliphatic rings. The third-order valence-electron chi connectivity index (χ3n) is 10.3. The third-order valence-corrected chi connectivity index (χ3v) is 10.3. The Morgan fingerprint density at radius 1 is 0.583 bits per heavy atom. The number of carbonyl (C=O) groups is 6. The van der Waals surface area contributed by atoms with Gasteiger partial charge in [0.05, 0.1) is 6.04 Å². The second-order valence-electron chi connectivity index (χ2n) is 15.1. The van der Waals surface area contributed by atoms with E-state index in [0.29, 0.717) is 19.4 Å². The Balaban J connectivity index is 1.37. The average Bonchev–Trinajstić information content (AvgIpc) is 3.65. The van der Waals surface area contributed by atoms with Crippen LogP contribution in [0.1, 0.15) is 49.8 Å². The Morgan fingerprint density at radius 2 is 1.15 bits per heavy atom. The zero-order valence-electron chi connectivity index (χ0n) is 33.9. The number of primary amides is 1. The summed E-state index contributed by atoms with van der Waals surface area (Å²) in [7, 11) is 0. The normalized spacial score (nSPS) is 14.2. The van der Waals surface area contributed by atoms with Crippen LogP contribution in [0, 0.1) is 0 Å². The molecule has 0 unspecified atom stereocenters. The van der Waals surface area contributed by atoms with Gasteiger partial charge in [-0.3, -0.25) is 28.8 Å². The van der Waals surface area contributed by atoms with E-state index in [1.807, 2.05) is 72.8 Å². The number of rotatable bonds is 21. The van der Waals surface area contributed by atoms with E-state index in [4.69, 9.17) is 17.2 Å². The van der Waals surface area contributed by atoms with Crippen LogP contribution in [0.2, 0.25) is 0 Å². The number of fused-ring (bicyclic) bond motifs is 2. The predicted octanol–water partition coefficient (Wildman–Crippen LogP) is 1.75. The number of aromatic nitrogens is 1. The largest absolute Gasteiger partial charge is 0.368 e. The van der Waals surface area contributed by atoms with Gasteiger partial charge in [0.1, 0.15) is 30.2 Å². The molecule has 0 aliphatic heterocycles. The van der Waals surface area contributed by atoms with Gasteiger partial charge in [0.2, 0.25) is 35.4 Å². The molecule has 15 nitrogen and oxygen atoms in total. The number of amides is 6. The Kier molecular flexibility index (Phi) is 15.9. The lowest BCUT2D eigenvalue weighted by Gasteiger charge is -2.26. The van der Waals surface area contributed by atoms with Gasteiger partial charge in [-0.15, -0.1) is 0 Å². The SMILES string of the molecule is C[C@H](N)C(=O)N[C@H](Cc1ccc2ccccc2c1)C(=O)N[C@@H](C)C(=O)N[C@@H](Cc1c[nH]c2ccccc12)C(=O)N[C@H](Cc1ccccc1)C(=O)N[C@@H](CCCCN)C(N)=O. The number of unbranched alkanes of at least 4 members (excludes halogenated alkanes) is 1. The molecule has 0 saturated carbocycles. The number of aromatic amines is 1. The summed E-state index contributed by atoms with van der Waals surface area (Å²) in [6, 6.07) is 23.4. The highest BCUT2D eigenvalue weighted by Gasteiger charge is 2.32. The van der Waals surface area contributed by atoms with E-state index >= 15 is 0 Å². The molecule has 1 aromatic heterocycles. The summed E-state index contributed by atoms with van der Waals surface area (Å²) in [5, 5.41) is 16.5. The summed E-state index contributed by atoms with van der Waals surface area (Å²) in [6.45, 7) is 3.38. The molecule has 0 fully saturated rings. The molecular weight excluding hydrogens is 763 g/mol. The maximum Gasteiger partial charge on any atom is 0.243 e. The fourth-order valence-electron chi connectivity index (χ4n) is 6.90. The van der Waals surface area contributed by atoms with Crippen LogP contribution >= 0.6 is 0 Å². The van der Waals surface area contributed by atoms with Crippen LogP contribution < -0.4 is 43.8 Å². The Morgan fingerprint density at radius 3 is 1.83 bits per heavy atom. The van der Waals surface area contributed by atoms with Crippen molar-refractivity contribution in [1.29, 1.82) is 0 Å². The number of nitrogens with one attached hydrogen (secondary N) is 6. The van der Waals surface area contributed by atoms with E-state index in [9.17, 15) is 28.8 Å². The van der Waals surface area contributed by atoms with Crippen molar-refractivity contribution >= 4 is 57.1 Å². The Hall–Kier alpha value is -6.58. The average molecular weight is 818 g/mol. The number of carbonyl (C=O) groups excluding carboxylic acids is 6. The lowest BCUT2D eigenvalue weighted by atomic mass is 10.0. The van der Waals surface area contributed by atoms with Crippen molar-refractivity contribution in [2.45, 2.75) is 88.6 Å². The molecule has 0 aliphatic carbocycles. The zero-order chi connectivity index (χ0) is 43.2. The van der Waals surface area contributed by atoms with Gasteiger partial charge in [0.25, 0.3) is 0 Å². The summed E-state index contributed by atoms with van der Waals surface area (Å²) in [5.74, 6) is -3.90. The molecule has 0 saturated heterocycles. The molecule has 6 amide bonds. The highest BCUT2D eigenvalue weighted by molar-refractivity contribution is 5.97. The molecule has 1 heterocycles. The minimum atomic E-state index is -1.23. The van der Waals surface area contributed by atoms with Crippen LogP contribution in [0.5, 0.6) is 0 Å². The second kappa shape index (κ2) is 21.4.